The van der Waals surface area contributed by atoms with Crippen LogP contribution in [-0.4, -0.2) is 84.2 Å². The second kappa shape index (κ2) is 12.5. The van der Waals surface area contributed by atoms with E-state index in [-0.39, 0.29) is 0 Å². The standard InChI is InChI=1S/C42H48N2O4/c1-43(2,3)25-9-27-45-34-21-17-32(18-22-34)42(33-19-23-35(24-20-33)46-28-10-26-44(4,5)6)29-47-40-36-13-7-11-30-15-16-31-12-8-14-37(41(40)48-42)39(31)38(30)36/h7-8,11-24H,9-10,25-29H2,1-6H3/q+2. The molecule has 1 aliphatic rings. The fourth-order valence-electron chi connectivity index (χ4n) is 6.95. The largest absolute Gasteiger partial charge is 0.493 e. The van der Waals surface area contributed by atoms with Crippen molar-refractivity contribution in [3.05, 3.63) is 108 Å². The van der Waals surface area contributed by atoms with Gasteiger partial charge in [0, 0.05) is 45.5 Å². The Morgan fingerprint density at radius 3 is 1.48 bits per heavy atom. The number of hydrogen-bond acceptors (Lipinski definition) is 4. The van der Waals surface area contributed by atoms with Gasteiger partial charge in [0.05, 0.1) is 68.6 Å². The van der Waals surface area contributed by atoms with Gasteiger partial charge in [-0.25, -0.2) is 0 Å². The molecule has 6 aromatic carbocycles. The average molecular weight is 645 g/mol. The molecule has 1 aliphatic heterocycles. The number of nitrogens with zero attached hydrogens (tertiary/aromatic N) is 2. The maximum atomic E-state index is 7.35. The van der Waals surface area contributed by atoms with Crippen molar-refractivity contribution in [3.63, 3.8) is 0 Å². The molecule has 6 aromatic rings. The van der Waals surface area contributed by atoms with E-state index in [1.54, 1.807) is 0 Å². The minimum Gasteiger partial charge on any atom is -0.493 e. The van der Waals surface area contributed by atoms with Crippen molar-refractivity contribution in [2.45, 2.75) is 18.4 Å². The molecule has 0 bridgehead atoms. The van der Waals surface area contributed by atoms with Gasteiger partial charge in [0.15, 0.2) is 17.1 Å². The van der Waals surface area contributed by atoms with Crippen LogP contribution in [0.25, 0.3) is 32.3 Å². The van der Waals surface area contributed by atoms with Crippen LogP contribution < -0.4 is 18.9 Å². The molecule has 1 heterocycles. The van der Waals surface area contributed by atoms with E-state index in [1.807, 2.05) is 0 Å². The number of rotatable bonds is 12. The first-order chi connectivity index (χ1) is 23.0. The smallest absolute Gasteiger partial charge is 0.193 e. The molecule has 248 valence electrons. The molecule has 48 heavy (non-hydrogen) atoms. The molecule has 0 N–H and O–H groups in total. The monoisotopic (exact) mass is 644 g/mol. The van der Waals surface area contributed by atoms with Crippen LogP contribution in [-0.2, 0) is 5.60 Å². The first-order valence-corrected chi connectivity index (χ1v) is 17.1. The van der Waals surface area contributed by atoms with E-state index in [0.29, 0.717) is 19.8 Å². The molecule has 0 aromatic heterocycles. The normalized spacial score (nSPS) is 14.5. The maximum absolute atomic E-state index is 7.35. The summed E-state index contributed by atoms with van der Waals surface area (Å²) in [7, 11) is 13.2. The van der Waals surface area contributed by atoms with Crippen LogP contribution >= 0.6 is 0 Å². The molecule has 0 fully saturated rings. The highest BCUT2D eigenvalue weighted by molar-refractivity contribution is 6.26. The first kappa shape index (κ1) is 32.0. The summed E-state index contributed by atoms with van der Waals surface area (Å²) in [4.78, 5) is 0. The van der Waals surface area contributed by atoms with Gasteiger partial charge in [-0.3, -0.25) is 0 Å². The van der Waals surface area contributed by atoms with E-state index >= 15 is 0 Å². The number of quaternary nitrogens is 2. The summed E-state index contributed by atoms with van der Waals surface area (Å²) in [5.74, 6) is 3.29. The van der Waals surface area contributed by atoms with E-state index in [4.69, 9.17) is 18.9 Å². The van der Waals surface area contributed by atoms with Gasteiger partial charge in [-0.1, -0.05) is 72.8 Å². The van der Waals surface area contributed by atoms with Crippen LogP contribution in [0.3, 0.4) is 0 Å². The summed E-state index contributed by atoms with van der Waals surface area (Å²) in [6.45, 7) is 3.81. The van der Waals surface area contributed by atoms with Gasteiger partial charge in [0.2, 0.25) is 0 Å². The second-order valence-electron chi connectivity index (χ2n) is 15.2. The predicted octanol–water partition coefficient (Wildman–Crippen LogP) is 8.25. The molecule has 6 nitrogen and oxygen atoms in total. The molecule has 6 heteroatoms. The molecular formula is C42H48N2O4+2. The molecule has 0 saturated carbocycles. The second-order valence-corrected chi connectivity index (χ2v) is 15.2. The molecular weight excluding hydrogens is 596 g/mol. The summed E-state index contributed by atoms with van der Waals surface area (Å²) in [5.41, 5.74) is 1.13. The zero-order chi connectivity index (χ0) is 33.5. The van der Waals surface area contributed by atoms with Crippen LogP contribution in [0.15, 0.2) is 97.1 Å². The lowest BCUT2D eigenvalue weighted by molar-refractivity contribution is -0.870. The SMILES string of the molecule is C[N+](C)(C)CCCOc1ccc(C2(c3ccc(OCCC[N+](C)(C)C)cc3)COc3c(c4cccc5ccc6cccc3c6c54)O2)cc1. The lowest BCUT2D eigenvalue weighted by atomic mass is 9.85. The zero-order valence-corrected chi connectivity index (χ0v) is 29.2. The zero-order valence-electron chi connectivity index (χ0n) is 29.2. The van der Waals surface area contributed by atoms with Crippen molar-refractivity contribution < 1.29 is 27.9 Å². The third-order valence-electron chi connectivity index (χ3n) is 9.40. The van der Waals surface area contributed by atoms with Gasteiger partial charge >= 0.3 is 0 Å². The highest BCUT2D eigenvalue weighted by Crippen LogP contribution is 2.53. The van der Waals surface area contributed by atoms with Gasteiger partial charge in [-0.15, -0.1) is 0 Å². The van der Waals surface area contributed by atoms with E-state index in [0.717, 1.165) is 79.8 Å². The summed E-state index contributed by atoms with van der Waals surface area (Å²) in [5, 5.41) is 6.96. The van der Waals surface area contributed by atoms with Crippen molar-refractivity contribution in [1.82, 2.24) is 0 Å². The lowest BCUT2D eigenvalue weighted by Crippen LogP contribution is -2.43. The molecule has 0 radical (unpaired) electrons. The van der Waals surface area contributed by atoms with Crippen molar-refractivity contribution in [2.24, 2.45) is 0 Å². The molecule has 0 unspecified atom stereocenters. The quantitative estimate of drug-likeness (QED) is 0.0764. The third-order valence-corrected chi connectivity index (χ3v) is 9.40. The van der Waals surface area contributed by atoms with Crippen LogP contribution in [0.1, 0.15) is 24.0 Å². The Hall–Kier alpha value is -4.52. The van der Waals surface area contributed by atoms with Crippen molar-refractivity contribution in [3.8, 4) is 23.0 Å². The van der Waals surface area contributed by atoms with Crippen molar-refractivity contribution in [1.29, 1.82) is 0 Å². The molecule has 0 aliphatic carbocycles. The Morgan fingerprint density at radius 1 is 0.562 bits per heavy atom. The van der Waals surface area contributed by atoms with Crippen molar-refractivity contribution >= 4 is 32.3 Å². The van der Waals surface area contributed by atoms with Gasteiger partial charge < -0.3 is 27.9 Å². The first-order valence-electron chi connectivity index (χ1n) is 17.1. The van der Waals surface area contributed by atoms with Crippen LogP contribution in [0.4, 0.5) is 0 Å². The van der Waals surface area contributed by atoms with E-state index in [9.17, 15) is 0 Å². The van der Waals surface area contributed by atoms with E-state index in [2.05, 4.69) is 139 Å². The fraction of sp³-hybridized carbons (Fsp3) is 0.333. The summed E-state index contributed by atoms with van der Waals surface area (Å²) < 4.78 is 28.4. The maximum Gasteiger partial charge on any atom is 0.193 e. The number of ether oxygens (including phenoxy) is 4. The van der Waals surface area contributed by atoms with Crippen LogP contribution in [0.5, 0.6) is 23.0 Å². The molecule has 7 rings (SSSR count). The Balaban J connectivity index is 1.26. The number of hydrogen-bond donors (Lipinski definition) is 0. The molecule has 0 saturated heterocycles. The van der Waals surface area contributed by atoms with E-state index < -0.39 is 5.60 Å². The summed E-state index contributed by atoms with van der Waals surface area (Å²) >= 11 is 0. The molecule has 0 atom stereocenters. The lowest BCUT2D eigenvalue weighted by Gasteiger charge is -2.40. The Bertz CT molecular complexity index is 1960. The Kier molecular flexibility index (Phi) is 8.34. The highest BCUT2D eigenvalue weighted by Gasteiger charge is 2.43. The fourth-order valence-corrected chi connectivity index (χ4v) is 6.95. The van der Waals surface area contributed by atoms with Crippen LogP contribution in [0.2, 0.25) is 0 Å². The summed E-state index contributed by atoms with van der Waals surface area (Å²) in [6, 6.07) is 34.0. The van der Waals surface area contributed by atoms with Gasteiger partial charge in [0.25, 0.3) is 0 Å². The topological polar surface area (TPSA) is 36.9 Å². The molecule has 0 amide bonds. The minimum absolute atomic E-state index is 0.327. The van der Waals surface area contributed by atoms with Gasteiger partial charge in [-0.05, 0) is 35.0 Å². The Labute approximate surface area is 284 Å². The molecule has 0 spiro atoms. The van der Waals surface area contributed by atoms with Gasteiger partial charge in [-0.2, -0.15) is 0 Å². The third kappa shape index (κ3) is 6.35. The highest BCUT2D eigenvalue weighted by atomic mass is 16.6. The Morgan fingerprint density at radius 2 is 1.02 bits per heavy atom. The van der Waals surface area contributed by atoms with E-state index in [1.165, 1.54) is 21.5 Å². The summed E-state index contributed by atoms with van der Waals surface area (Å²) in [6.07, 6.45) is 1.99. The van der Waals surface area contributed by atoms with Crippen molar-refractivity contribution in [2.75, 3.05) is 75.2 Å². The minimum atomic E-state index is -0.883. The van der Waals surface area contributed by atoms with Gasteiger partial charge in [0.1, 0.15) is 18.1 Å². The average Bonchev–Trinajstić information content (AvgIpc) is 3.07. The predicted molar refractivity (Wildman–Crippen MR) is 196 cm³/mol. The number of fused-ring (bicyclic) bond motifs is 3. The number of benzene rings is 6. The van der Waals surface area contributed by atoms with Crippen LogP contribution in [0, 0.1) is 0 Å².